The Labute approximate surface area is 106 Å². The number of rotatable bonds is 4. The molecule has 0 atom stereocenters. The summed E-state index contributed by atoms with van der Waals surface area (Å²) in [5.41, 5.74) is 2.92. The van der Waals surface area contributed by atoms with Crippen LogP contribution in [0.1, 0.15) is 34.1 Å². The third-order valence-corrected chi connectivity index (χ3v) is 2.93. The van der Waals surface area contributed by atoms with E-state index in [1.807, 2.05) is 49.4 Å². The van der Waals surface area contributed by atoms with Crippen LogP contribution in [0.2, 0.25) is 0 Å². The highest BCUT2D eigenvalue weighted by Gasteiger charge is 2.12. The third-order valence-electron chi connectivity index (χ3n) is 2.93. The molecule has 0 aromatic heterocycles. The first-order valence-corrected chi connectivity index (χ1v) is 5.94. The van der Waals surface area contributed by atoms with E-state index in [-0.39, 0.29) is 5.78 Å². The maximum absolute atomic E-state index is 11.9. The molecule has 18 heavy (non-hydrogen) atoms. The third kappa shape index (κ3) is 2.23. The Bertz CT molecular complexity index is 585. The number of aldehydes is 1. The van der Waals surface area contributed by atoms with Gasteiger partial charge in [0.1, 0.15) is 0 Å². The minimum absolute atomic E-state index is 0.0892. The molecule has 2 aromatic carbocycles. The molecule has 2 aromatic rings. The van der Waals surface area contributed by atoms with E-state index in [0.717, 1.165) is 17.4 Å². The molecule has 0 amide bonds. The number of carbonyl (C=O) groups excluding carboxylic acids is 2. The van der Waals surface area contributed by atoms with E-state index in [4.69, 9.17) is 0 Å². The van der Waals surface area contributed by atoms with Gasteiger partial charge in [0.05, 0.1) is 0 Å². The van der Waals surface area contributed by atoms with Crippen LogP contribution in [0.25, 0.3) is 11.1 Å². The van der Waals surface area contributed by atoms with E-state index in [0.29, 0.717) is 17.5 Å². The van der Waals surface area contributed by atoms with Crippen molar-refractivity contribution in [3.8, 4) is 11.1 Å². The van der Waals surface area contributed by atoms with Crippen LogP contribution in [0.4, 0.5) is 0 Å². The number of carbonyl (C=O) groups is 2. The predicted molar refractivity (Wildman–Crippen MR) is 71.9 cm³/mol. The molecule has 0 aliphatic heterocycles. The van der Waals surface area contributed by atoms with Gasteiger partial charge in [-0.3, -0.25) is 9.59 Å². The Morgan fingerprint density at radius 1 is 1.00 bits per heavy atom. The van der Waals surface area contributed by atoms with E-state index < -0.39 is 0 Å². The van der Waals surface area contributed by atoms with Gasteiger partial charge in [0.2, 0.25) is 0 Å². The number of benzene rings is 2. The lowest BCUT2D eigenvalue weighted by atomic mass is 9.93. The minimum atomic E-state index is 0.0892. The number of ketones is 1. The number of Topliss-reactive ketones (excluding diaryl/α,β-unsaturated/α-hetero) is 1. The second-order valence-electron chi connectivity index (χ2n) is 4.03. The molecule has 2 nitrogen and oxygen atoms in total. The normalized spacial score (nSPS) is 10.1. The number of hydrogen-bond donors (Lipinski definition) is 0. The summed E-state index contributed by atoms with van der Waals surface area (Å²) in [6, 6.07) is 14.7. The molecule has 2 heteroatoms. The summed E-state index contributed by atoms with van der Waals surface area (Å²) in [4.78, 5) is 23.0. The highest BCUT2D eigenvalue weighted by Crippen LogP contribution is 2.27. The average molecular weight is 238 g/mol. The molecule has 2 rings (SSSR count). The van der Waals surface area contributed by atoms with Crippen molar-refractivity contribution >= 4 is 12.1 Å². The molecule has 0 aliphatic carbocycles. The lowest BCUT2D eigenvalue weighted by Crippen LogP contribution is -2.00. The smallest absolute Gasteiger partial charge is 0.163 e. The zero-order chi connectivity index (χ0) is 13.0. The fourth-order valence-corrected chi connectivity index (χ4v) is 2.00. The molecule has 90 valence electrons. The molecule has 0 spiro atoms. The van der Waals surface area contributed by atoms with E-state index in [2.05, 4.69) is 0 Å². The summed E-state index contributed by atoms with van der Waals surface area (Å²) in [5.74, 6) is 0.0892. The van der Waals surface area contributed by atoms with Crippen LogP contribution in [0, 0.1) is 0 Å². The highest BCUT2D eigenvalue weighted by atomic mass is 16.1. The van der Waals surface area contributed by atoms with Gasteiger partial charge in [-0.2, -0.15) is 0 Å². The van der Waals surface area contributed by atoms with Gasteiger partial charge in [0, 0.05) is 17.5 Å². The SMILES string of the molecule is CCC(=O)c1ccccc1-c1ccccc1C=O. The minimum Gasteiger partial charge on any atom is -0.298 e. The Kier molecular flexibility index (Phi) is 3.68. The second kappa shape index (κ2) is 5.41. The van der Waals surface area contributed by atoms with E-state index >= 15 is 0 Å². The first-order chi connectivity index (χ1) is 8.77. The molecule has 0 aliphatic rings. The van der Waals surface area contributed by atoms with Crippen molar-refractivity contribution in [1.82, 2.24) is 0 Å². The van der Waals surface area contributed by atoms with Gasteiger partial charge in [0.15, 0.2) is 12.1 Å². The van der Waals surface area contributed by atoms with E-state index in [1.165, 1.54) is 0 Å². The Morgan fingerprint density at radius 3 is 2.28 bits per heavy atom. The summed E-state index contributed by atoms with van der Waals surface area (Å²) in [5, 5.41) is 0. The largest absolute Gasteiger partial charge is 0.298 e. The van der Waals surface area contributed by atoms with E-state index in [9.17, 15) is 9.59 Å². The average Bonchev–Trinajstić information content (AvgIpc) is 2.46. The van der Waals surface area contributed by atoms with Gasteiger partial charge in [-0.05, 0) is 11.1 Å². The van der Waals surface area contributed by atoms with Crippen LogP contribution < -0.4 is 0 Å². The summed E-state index contributed by atoms with van der Waals surface area (Å²) in [6.45, 7) is 1.84. The van der Waals surface area contributed by atoms with Crippen LogP contribution in [0.15, 0.2) is 48.5 Å². The van der Waals surface area contributed by atoms with Gasteiger partial charge in [0.25, 0.3) is 0 Å². The summed E-state index contributed by atoms with van der Waals surface area (Å²) < 4.78 is 0. The molecule has 0 saturated carbocycles. The van der Waals surface area contributed by atoms with Crippen LogP contribution in [-0.4, -0.2) is 12.1 Å². The van der Waals surface area contributed by atoms with Crippen LogP contribution in [0.5, 0.6) is 0 Å². The van der Waals surface area contributed by atoms with Gasteiger partial charge < -0.3 is 0 Å². The molecule has 0 fully saturated rings. The second-order valence-corrected chi connectivity index (χ2v) is 4.03. The number of hydrogen-bond acceptors (Lipinski definition) is 2. The van der Waals surface area contributed by atoms with Crippen molar-refractivity contribution < 1.29 is 9.59 Å². The summed E-state index contributed by atoms with van der Waals surface area (Å²) >= 11 is 0. The molecule has 0 bridgehead atoms. The first kappa shape index (κ1) is 12.2. The van der Waals surface area contributed by atoms with Crippen LogP contribution in [0.3, 0.4) is 0 Å². The van der Waals surface area contributed by atoms with Crippen molar-refractivity contribution in [2.45, 2.75) is 13.3 Å². The maximum atomic E-state index is 11.9. The van der Waals surface area contributed by atoms with Crippen molar-refractivity contribution in [1.29, 1.82) is 0 Å². The summed E-state index contributed by atoms with van der Waals surface area (Å²) in [7, 11) is 0. The molecule has 0 unspecified atom stereocenters. The van der Waals surface area contributed by atoms with Gasteiger partial charge in [-0.1, -0.05) is 55.5 Å². The molecule has 0 heterocycles. The lowest BCUT2D eigenvalue weighted by Gasteiger charge is -2.09. The fourth-order valence-electron chi connectivity index (χ4n) is 2.00. The Balaban J connectivity index is 2.64. The van der Waals surface area contributed by atoms with Gasteiger partial charge in [-0.15, -0.1) is 0 Å². The van der Waals surface area contributed by atoms with Crippen molar-refractivity contribution in [2.24, 2.45) is 0 Å². The lowest BCUT2D eigenvalue weighted by molar-refractivity contribution is 0.0988. The van der Waals surface area contributed by atoms with E-state index in [1.54, 1.807) is 6.07 Å². The summed E-state index contributed by atoms with van der Waals surface area (Å²) in [6.07, 6.45) is 1.28. The Hall–Kier alpha value is -2.22. The molecular formula is C16H14O2. The quantitative estimate of drug-likeness (QED) is 0.600. The molecule has 0 N–H and O–H groups in total. The standard InChI is InChI=1S/C16H14O2/c1-2-16(18)15-10-6-5-9-14(15)13-8-4-3-7-12(13)11-17/h3-11H,2H2,1H3. The van der Waals surface area contributed by atoms with Gasteiger partial charge >= 0.3 is 0 Å². The van der Waals surface area contributed by atoms with Gasteiger partial charge in [-0.25, -0.2) is 0 Å². The zero-order valence-electron chi connectivity index (χ0n) is 10.2. The Morgan fingerprint density at radius 2 is 1.61 bits per heavy atom. The van der Waals surface area contributed by atoms with Crippen molar-refractivity contribution in [3.05, 3.63) is 59.7 Å². The van der Waals surface area contributed by atoms with Crippen LogP contribution in [-0.2, 0) is 0 Å². The topological polar surface area (TPSA) is 34.1 Å². The van der Waals surface area contributed by atoms with Crippen molar-refractivity contribution in [3.63, 3.8) is 0 Å². The molecule has 0 radical (unpaired) electrons. The zero-order valence-corrected chi connectivity index (χ0v) is 10.2. The van der Waals surface area contributed by atoms with Crippen LogP contribution >= 0.6 is 0 Å². The first-order valence-electron chi connectivity index (χ1n) is 5.94. The maximum Gasteiger partial charge on any atom is 0.163 e. The fraction of sp³-hybridized carbons (Fsp3) is 0.125. The highest BCUT2D eigenvalue weighted by molar-refractivity contribution is 6.03. The predicted octanol–water partition coefficient (Wildman–Crippen LogP) is 3.76. The molecular weight excluding hydrogens is 224 g/mol. The molecule has 0 saturated heterocycles. The monoisotopic (exact) mass is 238 g/mol. The van der Waals surface area contributed by atoms with Crippen molar-refractivity contribution in [2.75, 3.05) is 0 Å².